The molecule has 0 unspecified atom stereocenters. The highest BCUT2D eigenvalue weighted by Crippen LogP contribution is 2.27. The molecule has 9 nitrogen and oxygen atoms in total. The minimum Gasteiger partial charge on any atom is -0.481 e. The van der Waals surface area contributed by atoms with Crippen molar-refractivity contribution in [1.82, 2.24) is 24.3 Å². The summed E-state index contributed by atoms with van der Waals surface area (Å²) in [6.45, 7) is 0.0438. The summed E-state index contributed by atoms with van der Waals surface area (Å²) in [5.41, 5.74) is 4.13. The Kier molecular flexibility index (Phi) is 6.45. The number of carboxylic acid groups (broad SMARTS) is 1. The van der Waals surface area contributed by atoms with E-state index in [2.05, 4.69) is 19.9 Å². The van der Waals surface area contributed by atoms with E-state index in [0.29, 0.717) is 54.3 Å². The molecule has 1 saturated heterocycles. The molecule has 3 aromatic heterocycles. The second kappa shape index (κ2) is 9.84. The number of hydrogen-bond donors (Lipinski definition) is 1. The van der Waals surface area contributed by atoms with E-state index in [1.807, 2.05) is 22.4 Å². The summed E-state index contributed by atoms with van der Waals surface area (Å²) in [4.78, 5) is 31.2. The van der Waals surface area contributed by atoms with Crippen LogP contribution < -0.4 is 9.64 Å². The number of alkyl halides is 2. The van der Waals surface area contributed by atoms with Crippen molar-refractivity contribution in [3.63, 3.8) is 0 Å². The van der Waals surface area contributed by atoms with E-state index in [-0.39, 0.29) is 5.75 Å². The van der Waals surface area contributed by atoms with E-state index in [4.69, 9.17) is 4.74 Å². The van der Waals surface area contributed by atoms with Crippen molar-refractivity contribution in [2.75, 3.05) is 18.0 Å². The maximum absolute atomic E-state index is 12.9. The van der Waals surface area contributed by atoms with Crippen LogP contribution in [-0.2, 0) is 11.2 Å². The largest absolute Gasteiger partial charge is 0.481 e. The number of ether oxygens (including phenoxy) is 1. The lowest BCUT2D eigenvalue weighted by Gasteiger charge is -2.30. The Bertz CT molecular complexity index is 1390. The zero-order chi connectivity index (χ0) is 25.2. The number of piperidine rings is 1. The van der Waals surface area contributed by atoms with Crippen molar-refractivity contribution < 1.29 is 23.4 Å². The fourth-order valence-corrected chi connectivity index (χ4v) is 4.50. The van der Waals surface area contributed by atoms with Crippen molar-refractivity contribution in [2.45, 2.75) is 32.8 Å². The number of aliphatic carboxylic acids is 1. The van der Waals surface area contributed by atoms with Crippen LogP contribution in [0.15, 0.2) is 49.1 Å². The Balaban J connectivity index is 1.42. The summed E-state index contributed by atoms with van der Waals surface area (Å²) < 4.78 is 32.3. The van der Waals surface area contributed by atoms with Gasteiger partial charge in [-0.25, -0.2) is 15.0 Å². The van der Waals surface area contributed by atoms with E-state index < -0.39 is 18.5 Å². The van der Waals surface area contributed by atoms with E-state index in [1.165, 1.54) is 6.07 Å². The molecule has 0 bridgehead atoms. The summed E-state index contributed by atoms with van der Waals surface area (Å²) in [5, 5.41) is 9.33. The molecule has 0 spiro atoms. The highest BCUT2D eigenvalue weighted by atomic mass is 19.3. The standard InChI is InChI=1S/C25H24F2N6O3/c1-15-20(9-16-5-2-3-7-21(16)36-24(26)27)33-14-19(28-12-22(33)31-15)18-10-29-25(30-11-18)32-8-4-6-17(13-32)23(34)35/h2-3,5,7,10-12,14,17,24H,4,6,8-9,13H2,1H3,(H,34,35)/t17-/m1/s1. The summed E-state index contributed by atoms with van der Waals surface area (Å²) in [6.07, 6.45) is 8.55. The lowest BCUT2D eigenvalue weighted by Crippen LogP contribution is -2.39. The summed E-state index contributed by atoms with van der Waals surface area (Å²) in [5.74, 6) is -0.614. The average Bonchev–Trinajstić information content (AvgIpc) is 3.19. The third kappa shape index (κ3) is 4.81. The molecule has 1 aliphatic heterocycles. The number of carboxylic acids is 1. The molecular formula is C25H24F2N6O3. The molecule has 5 rings (SSSR count). The van der Waals surface area contributed by atoms with Gasteiger partial charge in [0.05, 0.1) is 29.2 Å². The number of aromatic nitrogens is 5. The zero-order valence-corrected chi connectivity index (χ0v) is 19.5. The summed E-state index contributed by atoms with van der Waals surface area (Å²) in [7, 11) is 0. The molecular weight excluding hydrogens is 470 g/mol. The second-order valence-corrected chi connectivity index (χ2v) is 8.70. The highest BCUT2D eigenvalue weighted by molar-refractivity contribution is 5.71. The molecule has 11 heteroatoms. The first-order valence-corrected chi connectivity index (χ1v) is 11.6. The van der Waals surface area contributed by atoms with Crippen LogP contribution in [0.2, 0.25) is 0 Å². The third-order valence-corrected chi connectivity index (χ3v) is 6.34. The normalized spacial score (nSPS) is 16.0. The Morgan fingerprint density at radius 1 is 1.19 bits per heavy atom. The minimum atomic E-state index is -2.91. The van der Waals surface area contributed by atoms with Crippen LogP contribution in [0.25, 0.3) is 16.9 Å². The monoisotopic (exact) mass is 494 g/mol. The SMILES string of the molecule is Cc1nc2cnc(-c3cnc(N4CCC[C@@H](C(=O)O)C4)nc3)cn2c1Cc1ccccc1OC(F)F. The van der Waals surface area contributed by atoms with E-state index in [9.17, 15) is 18.7 Å². The number of anilines is 1. The van der Waals surface area contributed by atoms with Gasteiger partial charge in [-0.1, -0.05) is 18.2 Å². The quantitative estimate of drug-likeness (QED) is 0.411. The first kappa shape index (κ1) is 23.6. The number of carbonyl (C=O) groups is 1. The lowest BCUT2D eigenvalue weighted by molar-refractivity contribution is -0.141. The van der Waals surface area contributed by atoms with Crippen LogP contribution in [0.3, 0.4) is 0 Å². The second-order valence-electron chi connectivity index (χ2n) is 8.70. The van der Waals surface area contributed by atoms with E-state index in [0.717, 1.165) is 17.8 Å². The van der Waals surface area contributed by atoms with Crippen LogP contribution in [0.1, 0.15) is 29.8 Å². The Morgan fingerprint density at radius 3 is 2.72 bits per heavy atom. The number of rotatable bonds is 7. The average molecular weight is 495 g/mol. The van der Waals surface area contributed by atoms with Gasteiger partial charge in [-0.3, -0.25) is 14.2 Å². The van der Waals surface area contributed by atoms with Crippen LogP contribution in [-0.4, -0.2) is 55.1 Å². The Morgan fingerprint density at radius 2 is 1.97 bits per heavy atom. The van der Waals surface area contributed by atoms with Crippen LogP contribution in [0, 0.1) is 12.8 Å². The summed E-state index contributed by atoms with van der Waals surface area (Å²) in [6, 6.07) is 6.70. The maximum Gasteiger partial charge on any atom is 0.387 e. The zero-order valence-electron chi connectivity index (χ0n) is 19.5. The lowest BCUT2D eigenvalue weighted by atomic mass is 9.99. The number of benzene rings is 1. The van der Waals surface area contributed by atoms with Gasteiger partial charge < -0.3 is 14.7 Å². The molecule has 0 amide bonds. The van der Waals surface area contributed by atoms with Crippen molar-refractivity contribution >= 4 is 17.6 Å². The van der Waals surface area contributed by atoms with Crippen molar-refractivity contribution in [1.29, 1.82) is 0 Å². The fraction of sp³-hybridized carbons (Fsp3) is 0.320. The molecule has 1 aromatic carbocycles. The fourth-order valence-electron chi connectivity index (χ4n) is 4.50. The molecule has 186 valence electrons. The molecule has 1 fully saturated rings. The Labute approximate surface area is 205 Å². The smallest absolute Gasteiger partial charge is 0.387 e. The molecule has 4 heterocycles. The van der Waals surface area contributed by atoms with Crippen molar-refractivity contribution in [3.05, 3.63) is 66.0 Å². The highest BCUT2D eigenvalue weighted by Gasteiger charge is 2.26. The molecule has 1 N–H and O–H groups in total. The van der Waals surface area contributed by atoms with Gasteiger partial charge in [0.25, 0.3) is 0 Å². The third-order valence-electron chi connectivity index (χ3n) is 6.34. The molecule has 0 saturated carbocycles. The van der Waals surface area contributed by atoms with Gasteiger partial charge in [0.2, 0.25) is 5.95 Å². The predicted molar refractivity (Wildman–Crippen MR) is 127 cm³/mol. The number of imidazole rings is 1. The molecule has 4 aromatic rings. The number of hydrogen-bond acceptors (Lipinski definition) is 7. The Hall–Kier alpha value is -4.15. The first-order chi connectivity index (χ1) is 17.4. The number of fused-ring (bicyclic) bond motifs is 1. The van der Waals surface area contributed by atoms with Crippen molar-refractivity contribution in [3.8, 4) is 17.0 Å². The van der Waals surface area contributed by atoms with Crippen LogP contribution in [0.5, 0.6) is 5.75 Å². The molecule has 0 radical (unpaired) electrons. The van der Waals surface area contributed by atoms with Crippen LogP contribution >= 0.6 is 0 Å². The number of halogens is 2. The van der Waals surface area contributed by atoms with Crippen LogP contribution in [0.4, 0.5) is 14.7 Å². The van der Waals surface area contributed by atoms with Gasteiger partial charge in [0.1, 0.15) is 5.75 Å². The molecule has 1 aliphatic rings. The van der Waals surface area contributed by atoms with Gasteiger partial charge in [-0.2, -0.15) is 8.78 Å². The maximum atomic E-state index is 12.9. The number of aryl methyl sites for hydroxylation is 1. The summed E-state index contributed by atoms with van der Waals surface area (Å²) >= 11 is 0. The van der Waals surface area contributed by atoms with Gasteiger partial charge in [-0.15, -0.1) is 0 Å². The van der Waals surface area contributed by atoms with Crippen molar-refractivity contribution in [2.24, 2.45) is 5.92 Å². The van der Waals surface area contributed by atoms with E-state index in [1.54, 1.807) is 36.8 Å². The van der Waals surface area contributed by atoms with Gasteiger partial charge in [0.15, 0.2) is 5.65 Å². The number of nitrogens with zero attached hydrogens (tertiary/aromatic N) is 6. The predicted octanol–water partition coefficient (Wildman–Crippen LogP) is 3.99. The topological polar surface area (TPSA) is 106 Å². The molecule has 1 atom stereocenters. The first-order valence-electron chi connectivity index (χ1n) is 11.6. The van der Waals surface area contributed by atoms with Gasteiger partial charge >= 0.3 is 12.6 Å². The van der Waals surface area contributed by atoms with E-state index >= 15 is 0 Å². The molecule has 36 heavy (non-hydrogen) atoms. The van der Waals surface area contributed by atoms with Gasteiger partial charge in [-0.05, 0) is 25.8 Å². The molecule has 0 aliphatic carbocycles. The minimum absolute atomic E-state index is 0.128. The number of para-hydroxylation sites is 1. The van der Waals surface area contributed by atoms with Gasteiger partial charge in [0, 0.05) is 49.2 Å².